The minimum absolute atomic E-state index is 0. The van der Waals surface area contributed by atoms with Crippen LogP contribution in [-0.4, -0.2) is 22.7 Å². The summed E-state index contributed by atoms with van der Waals surface area (Å²) in [5, 5.41) is 22.4. The van der Waals surface area contributed by atoms with Crippen LogP contribution < -0.4 is 5.32 Å². The third-order valence-corrected chi connectivity index (χ3v) is 2.26. The molecule has 17 heavy (non-hydrogen) atoms. The molecule has 1 aliphatic heterocycles. The van der Waals surface area contributed by atoms with E-state index in [4.69, 9.17) is 0 Å². The first-order valence-electron chi connectivity index (χ1n) is 4.48. The third kappa shape index (κ3) is 2.56. The van der Waals surface area contributed by atoms with Crippen molar-refractivity contribution < 1.29 is 19.6 Å². The molecule has 1 aromatic carbocycles. The lowest BCUT2D eigenvalue weighted by Gasteiger charge is -2.08. The summed E-state index contributed by atoms with van der Waals surface area (Å²) in [5.41, 5.74) is 0.0736. The molecule has 1 aliphatic rings. The predicted octanol–water partition coefficient (Wildman–Crippen LogP) is 1.50. The molecule has 0 bridgehead atoms. The number of rotatable bonds is 2. The molecule has 2 rings (SSSR count). The van der Waals surface area contributed by atoms with Crippen LogP contribution in [-0.2, 0) is 4.74 Å². The van der Waals surface area contributed by atoms with Crippen molar-refractivity contribution in [3.8, 4) is 5.75 Å². The molecule has 1 aromatic rings. The van der Waals surface area contributed by atoms with Crippen molar-refractivity contribution >= 4 is 24.2 Å². The average Bonchev–Trinajstić information content (AvgIpc) is 2.64. The lowest BCUT2D eigenvalue weighted by molar-refractivity contribution is -0.385. The van der Waals surface area contributed by atoms with E-state index < -0.39 is 17.1 Å². The van der Waals surface area contributed by atoms with Crippen LogP contribution in [0.1, 0.15) is 11.6 Å². The fourth-order valence-corrected chi connectivity index (χ4v) is 1.54. The number of nitro benzene ring substituents is 1. The van der Waals surface area contributed by atoms with Gasteiger partial charge in [-0.2, -0.15) is 0 Å². The Balaban J connectivity index is 0.00000144. The molecular weight excluding hydrogens is 252 g/mol. The molecule has 92 valence electrons. The van der Waals surface area contributed by atoms with Crippen LogP contribution in [0.2, 0.25) is 0 Å². The molecule has 0 aliphatic carbocycles. The summed E-state index contributed by atoms with van der Waals surface area (Å²) >= 11 is 0. The minimum atomic E-state index is -0.623. The summed E-state index contributed by atoms with van der Waals surface area (Å²) in [6.07, 6.45) is -0.623. The summed E-state index contributed by atoms with van der Waals surface area (Å²) in [6.45, 7) is 0.0170. The van der Waals surface area contributed by atoms with Gasteiger partial charge in [-0.25, -0.2) is 4.79 Å². The number of hydrogen-bond acceptors (Lipinski definition) is 5. The van der Waals surface area contributed by atoms with Crippen LogP contribution >= 0.6 is 12.4 Å². The number of nitrogens with zero attached hydrogens (tertiary/aromatic N) is 1. The van der Waals surface area contributed by atoms with Crippen molar-refractivity contribution in [3.05, 3.63) is 33.9 Å². The van der Waals surface area contributed by atoms with Crippen LogP contribution in [0.5, 0.6) is 5.75 Å². The van der Waals surface area contributed by atoms with E-state index in [2.05, 4.69) is 10.1 Å². The molecule has 1 heterocycles. The number of nitro groups is 1. The second-order valence-electron chi connectivity index (χ2n) is 3.30. The summed E-state index contributed by atoms with van der Waals surface area (Å²) < 4.78 is 4.64. The number of amides is 1. The van der Waals surface area contributed by atoms with E-state index in [-0.39, 0.29) is 36.0 Å². The minimum Gasteiger partial charge on any atom is -0.508 e. The number of phenolic OH excluding ortho intramolecular Hbond substituents is 1. The van der Waals surface area contributed by atoms with Gasteiger partial charge < -0.3 is 15.2 Å². The first kappa shape index (κ1) is 13.0. The van der Waals surface area contributed by atoms with Crippen LogP contribution in [0.4, 0.5) is 10.5 Å². The quantitative estimate of drug-likeness (QED) is 0.620. The second kappa shape index (κ2) is 4.88. The number of carbonyl (C=O) groups is 1. The number of carbonyl (C=O) groups excluding carboxylic acids is 1. The SMILES string of the molecule is Cl.O=C1N[C@@H](c2cc(O)ccc2[N+](=O)[O-])CO1. The molecule has 2 N–H and O–H groups in total. The summed E-state index contributed by atoms with van der Waals surface area (Å²) in [6, 6.07) is 3.06. The van der Waals surface area contributed by atoms with E-state index in [9.17, 15) is 20.0 Å². The molecule has 1 fully saturated rings. The Hall–Kier alpha value is -2.02. The van der Waals surface area contributed by atoms with E-state index in [1.165, 1.54) is 18.2 Å². The number of aromatic hydroxyl groups is 1. The number of halogens is 1. The van der Waals surface area contributed by atoms with Gasteiger partial charge in [0.1, 0.15) is 12.4 Å². The Morgan fingerprint density at radius 1 is 1.53 bits per heavy atom. The smallest absolute Gasteiger partial charge is 0.407 e. The molecule has 0 aromatic heterocycles. The van der Waals surface area contributed by atoms with Gasteiger partial charge in [0.25, 0.3) is 5.69 Å². The zero-order valence-corrected chi connectivity index (χ0v) is 9.27. The lowest BCUT2D eigenvalue weighted by atomic mass is 10.1. The van der Waals surface area contributed by atoms with Gasteiger partial charge in [-0.05, 0) is 12.1 Å². The molecule has 0 radical (unpaired) electrons. The van der Waals surface area contributed by atoms with Gasteiger partial charge in [0.15, 0.2) is 0 Å². The molecular formula is C9H9ClN2O5. The van der Waals surface area contributed by atoms with Gasteiger partial charge >= 0.3 is 6.09 Å². The van der Waals surface area contributed by atoms with E-state index in [0.717, 1.165) is 0 Å². The third-order valence-electron chi connectivity index (χ3n) is 2.26. The highest BCUT2D eigenvalue weighted by Crippen LogP contribution is 2.30. The Bertz CT molecular complexity index is 465. The van der Waals surface area contributed by atoms with Gasteiger partial charge in [0.2, 0.25) is 0 Å². The van der Waals surface area contributed by atoms with Crippen molar-refractivity contribution in [3.63, 3.8) is 0 Å². The van der Waals surface area contributed by atoms with Gasteiger partial charge in [-0.15, -0.1) is 12.4 Å². The Morgan fingerprint density at radius 2 is 2.24 bits per heavy atom. The Kier molecular flexibility index (Phi) is 3.74. The zero-order chi connectivity index (χ0) is 11.7. The van der Waals surface area contributed by atoms with Crippen LogP contribution in [0.15, 0.2) is 18.2 Å². The molecule has 7 nitrogen and oxygen atoms in total. The average molecular weight is 261 g/mol. The van der Waals surface area contributed by atoms with Crippen molar-refractivity contribution in [2.75, 3.05) is 6.61 Å². The van der Waals surface area contributed by atoms with Gasteiger partial charge in [-0.1, -0.05) is 0 Å². The van der Waals surface area contributed by atoms with Crippen molar-refractivity contribution in [2.45, 2.75) is 6.04 Å². The van der Waals surface area contributed by atoms with Gasteiger partial charge in [-0.3, -0.25) is 10.1 Å². The first-order chi connectivity index (χ1) is 7.58. The van der Waals surface area contributed by atoms with Crippen molar-refractivity contribution in [1.82, 2.24) is 5.32 Å². The number of alkyl carbamates (subject to hydrolysis) is 1. The maximum absolute atomic E-state index is 10.8. The van der Waals surface area contributed by atoms with Crippen LogP contribution in [0.25, 0.3) is 0 Å². The van der Waals surface area contributed by atoms with E-state index in [1.807, 2.05) is 0 Å². The largest absolute Gasteiger partial charge is 0.508 e. The Morgan fingerprint density at radius 3 is 2.76 bits per heavy atom. The number of phenols is 1. The molecule has 0 unspecified atom stereocenters. The first-order valence-corrected chi connectivity index (χ1v) is 4.48. The van der Waals surface area contributed by atoms with Crippen molar-refractivity contribution in [1.29, 1.82) is 0 Å². The normalized spacial score (nSPS) is 17.9. The fraction of sp³-hybridized carbons (Fsp3) is 0.222. The maximum atomic E-state index is 10.8. The maximum Gasteiger partial charge on any atom is 0.407 e. The van der Waals surface area contributed by atoms with Gasteiger partial charge in [0.05, 0.1) is 16.5 Å². The highest BCUT2D eigenvalue weighted by molar-refractivity contribution is 5.85. The van der Waals surface area contributed by atoms with Gasteiger partial charge in [0, 0.05) is 6.07 Å². The standard InChI is InChI=1S/C9H8N2O5.ClH/c12-5-1-2-8(11(14)15)6(3-5)7-4-16-9(13)10-7;/h1-3,7,12H,4H2,(H,10,13);1H/t7-;/m1./s1. The molecule has 1 atom stereocenters. The highest BCUT2D eigenvalue weighted by Gasteiger charge is 2.29. The summed E-state index contributed by atoms with van der Waals surface area (Å²) in [5.74, 6) is -0.0956. The summed E-state index contributed by atoms with van der Waals surface area (Å²) in [4.78, 5) is 21.0. The Labute approximate surface area is 102 Å². The number of benzene rings is 1. The molecule has 0 saturated carbocycles. The predicted molar refractivity (Wildman–Crippen MR) is 59.2 cm³/mol. The monoisotopic (exact) mass is 260 g/mol. The molecule has 0 spiro atoms. The molecule has 1 saturated heterocycles. The fourth-order valence-electron chi connectivity index (χ4n) is 1.54. The molecule has 8 heteroatoms. The lowest BCUT2D eigenvalue weighted by Crippen LogP contribution is -2.19. The van der Waals surface area contributed by atoms with E-state index in [1.54, 1.807) is 0 Å². The van der Waals surface area contributed by atoms with E-state index >= 15 is 0 Å². The highest BCUT2D eigenvalue weighted by atomic mass is 35.5. The van der Waals surface area contributed by atoms with E-state index in [0.29, 0.717) is 0 Å². The number of nitrogens with one attached hydrogen (secondary N) is 1. The van der Waals surface area contributed by atoms with Crippen LogP contribution in [0, 0.1) is 10.1 Å². The second-order valence-corrected chi connectivity index (χ2v) is 3.30. The van der Waals surface area contributed by atoms with Crippen LogP contribution in [0.3, 0.4) is 0 Å². The number of ether oxygens (including phenoxy) is 1. The number of hydrogen-bond donors (Lipinski definition) is 2. The van der Waals surface area contributed by atoms with Crippen molar-refractivity contribution in [2.24, 2.45) is 0 Å². The topological polar surface area (TPSA) is 102 Å². The molecule has 1 amide bonds. The zero-order valence-electron chi connectivity index (χ0n) is 8.45. The number of cyclic esters (lactones) is 1. The summed E-state index contributed by atoms with van der Waals surface area (Å²) in [7, 11) is 0.